The maximum Gasteiger partial charge on any atom is 0.330 e. The number of rotatable bonds is 10. The molecular weight excluding hydrogens is 391 g/mol. The van der Waals surface area contributed by atoms with Crippen LogP contribution in [0.1, 0.15) is 26.5 Å². The molecule has 1 aliphatic rings. The monoisotopic (exact) mass is 418 g/mol. The van der Waals surface area contributed by atoms with Crippen LogP contribution in [-0.2, 0) is 23.1 Å². The van der Waals surface area contributed by atoms with Gasteiger partial charge in [-0.05, 0) is 20.3 Å². The van der Waals surface area contributed by atoms with Crippen LogP contribution in [-0.4, -0.2) is 59.5 Å². The number of hydrogen-bond acceptors (Lipinski definition) is 8. The first-order valence-corrected chi connectivity index (χ1v) is 10.8. The van der Waals surface area contributed by atoms with E-state index in [2.05, 4.69) is 4.98 Å². The third kappa shape index (κ3) is 5.50. The van der Waals surface area contributed by atoms with Crippen molar-refractivity contribution in [3.05, 3.63) is 45.3 Å². The summed E-state index contributed by atoms with van der Waals surface area (Å²) in [6, 6.07) is 1.19. The van der Waals surface area contributed by atoms with Crippen LogP contribution in [0.2, 0.25) is 0 Å². The van der Waals surface area contributed by atoms with E-state index in [0.29, 0.717) is 6.42 Å². The fraction of sp³-hybridized carbons (Fsp3) is 0.647. The summed E-state index contributed by atoms with van der Waals surface area (Å²) < 4.78 is 35.1. The first kappa shape index (κ1) is 22.7. The van der Waals surface area contributed by atoms with Gasteiger partial charge in [0.15, 0.2) is 6.23 Å². The largest absolute Gasteiger partial charge is 0.387 e. The predicted molar refractivity (Wildman–Crippen MR) is 102 cm³/mol. The Hall–Kier alpha value is -1.55. The SMILES string of the molecule is CCOP(=O)(CC/C=C/[C@H]1O[C@@H](n2ccc(=O)[nH]c2=O)C(OC)C1O)OCC. The van der Waals surface area contributed by atoms with Gasteiger partial charge in [-0.3, -0.25) is 18.9 Å². The van der Waals surface area contributed by atoms with Crippen molar-refractivity contribution < 1.29 is 28.2 Å². The van der Waals surface area contributed by atoms with E-state index in [1.54, 1.807) is 26.0 Å². The van der Waals surface area contributed by atoms with Crippen LogP contribution < -0.4 is 11.2 Å². The zero-order valence-electron chi connectivity index (χ0n) is 16.1. The van der Waals surface area contributed by atoms with Crippen LogP contribution in [0.25, 0.3) is 0 Å². The van der Waals surface area contributed by atoms with Crippen LogP contribution in [0.4, 0.5) is 0 Å². The quantitative estimate of drug-likeness (QED) is 0.426. The molecule has 10 nitrogen and oxygen atoms in total. The van der Waals surface area contributed by atoms with Crippen molar-refractivity contribution in [1.29, 1.82) is 0 Å². The Labute approximate surface area is 162 Å². The van der Waals surface area contributed by atoms with E-state index in [9.17, 15) is 19.3 Å². The third-order valence-corrected chi connectivity index (χ3v) is 6.30. The summed E-state index contributed by atoms with van der Waals surface area (Å²) in [5.74, 6) is 0. The summed E-state index contributed by atoms with van der Waals surface area (Å²) in [6.45, 7) is 4.06. The van der Waals surface area contributed by atoms with Gasteiger partial charge in [0.05, 0.1) is 19.4 Å². The van der Waals surface area contributed by atoms with Gasteiger partial charge in [0.1, 0.15) is 18.3 Å². The van der Waals surface area contributed by atoms with Gasteiger partial charge in [-0.2, -0.15) is 0 Å². The summed E-state index contributed by atoms with van der Waals surface area (Å²) in [4.78, 5) is 25.4. The Morgan fingerprint density at radius 2 is 2.00 bits per heavy atom. The molecule has 0 spiro atoms. The van der Waals surface area contributed by atoms with Gasteiger partial charge >= 0.3 is 13.3 Å². The number of allylic oxidation sites excluding steroid dienone is 1. The van der Waals surface area contributed by atoms with E-state index in [1.807, 2.05) is 0 Å². The molecule has 158 valence electrons. The number of aliphatic hydroxyl groups excluding tert-OH is 1. The Bertz CT molecular complexity index is 810. The molecule has 0 aromatic carbocycles. The number of H-pyrrole nitrogens is 1. The van der Waals surface area contributed by atoms with Crippen molar-refractivity contribution in [3.8, 4) is 0 Å². The molecule has 2 N–H and O–H groups in total. The summed E-state index contributed by atoms with van der Waals surface area (Å²) in [5, 5.41) is 10.5. The molecule has 1 aromatic rings. The third-order valence-electron chi connectivity index (χ3n) is 4.20. The minimum atomic E-state index is -3.14. The number of aliphatic hydroxyl groups is 1. The van der Waals surface area contributed by atoms with Crippen LogP contribution in [0.5, 0.6) is 0 Å². The second kappa shape index (κ2) is 10.3. The van der Waals surface area contributed by atoms with Gasteiger partial charge in [0, 0.05) is 19.4 Å². The van der Waals surface area contributed by atoms with E-state index in [4.69, 9.17) is 18.5 Å². The lowest BCUT2D eigenvalue weighted by Gasteiger charge is -2.19. The molecule has 11 heteroatoms. The van der Waals surface area contributed by atoms with E-state index in [-0.39, 0.29) is 19.4 Å². The van der Waals surface area contributed by atoms with Crippen LogP contribution in [0.15, 0.2) is 34.0 Å². The number of ether oxygens (including phenoxy) is 2. The Kier molecular flexibility index (Phi) is 8.36. The highest BCUT2D eigenvalue weighted by Crippen LogP contribution is 2.48. The van der Waals surface area contributed by atoms with E-state index >= 15 is 0 Å². The molecule has 1 fully saturated rings. The number of nitrogens with one attached hydrogen (secondary N) is 1. The maximum absolute atomic E-state index is 12.4. The lowest BCUT2D eigenvalue weighted by atomic mass is 10.1. The van der Waals surface area contributed by atoms with E-state index < -0.39 is 43.4 Å². The molecule has 1 saturated heterocycles. The molecule has 2 unspecified atom stereocenters. The van der Waals surface area contributed by atoms with Gasteiger partial charge in [0.25, 0.3) is 5.56 Å². The molecule has 0 amide bonds. The highest BCUT2D eigenvalue weighted by Gasteiger charge is 2.44. The lowest BCUT2D eigenvalue weighted by molar-refractivity contribution is -0.0492. The van der Waals surface area contributed by atoms with Gasteiger partial charge in [-0.15, -0.1) is 0 Å². The Morgan fingerprint density at radius 1 is 1.32 bits per heavy atom. The molecule has 0 aliphatic carbocycles. The summed E-state index contributed by atoms with van der Waals surface area (Å²) in [7, 11) is -1.75. The van der Waals surface area contributed by atoms with Crippen LogP contribution in [0, 0.1) is 0 Å². The summed E-state index contributed by atoms with van der Waals surface area (Å²) in [6.07, 6.45) is 1.72. The highest BCUT2D eigenvalue weighted by molar-refractivity contribution is 7.53. The summed E-state index contributed by atoms with van der Waals surface area (Å²) >= 11 is 0. The van der Waals surface area contributed by atoms with Crippen molar-refractivity contribution in [2.45, 2.75) is 44.8 Å². The van der Waals surface area contributed by atoms with Gasteiger partial charge in [0.2, 0.25) is 0 Å². The second-order valence-corrected chi connectivity index (χ2v) is 8.27. The van der Waals surface area contributed by atoms with Gasteiger partial charge in [-0.1, -0.05) is 12.2 Å². The molecule has 1 aromatic heterocycles. The molecule has 0 saturated carbocycles. The number of nitrogens with zero attached hydrogens (tertiary/aromatic N) is 1. The van der Waals surface area contributed by atoms with Gasteiger partial charge < -0.3 is 23.6 Å². The van der Waals surface area contributed by atoms with Crippen LogP contribution >= 0.6 is 7.60 Å². The topological polar surface area (TPSA) is 129 Å². The minimum absolute atomic E-state index is 0.199. The van der Waals surface area contributed by atoms with E-state index in [1.165, 1.54) is 19.4 Å². The molecule has 0 bridgehead atoms. The standard InChI is InChI=1S/C17H27N2O8P/c1-4-25-28(23,26-5-2)11-7-6-8-12-14(21)15(24-3)16(27-12)19-10-9-13(20)18-17(19)22/h6,8-10,12,14-16,21H,4-5,7,11H2,1-3H3,(H,18,20,22)/b8-6+/t12-,14?,15?,16-/m1/s1. The van der Waals surface area contributed by atoms with Crippen LogP contribution in [0.3, 0.4) is 0 Å². The fourth-order valence-electron chi connectivity index (χ4n) is 2.96. The molecule has 1 aliphatic heterocycles. The average molecular weight is 418 g/mol. The van der Waals surface area contributed by atoms with Gasteiger partial charge in [-0.25, -0.2) is 4.79 Å². The van der Waals surface area contributed by atoms with E-state index in [0.717, 1.165) is 4.57 Å². The minimum Gasteiger partial charge on any atom is -0.387 e. The Morgan fingerprint density at radius 3 is 2.57 bits per heavy atom. The zero-order valence-corrected chi connectivity index (χ0v) is 17.0. The summed E-state index contributed by atoms with van der Waals surface area (Å²) in [5.41, 5.74) is -1.19. The first-order chi connectivity index (χ1) is 13.3. The molecule has 28 heavy (non-hydrogen) atoms. The number of aromatic nitrogens is 2. The number of hydrogen-bond donors (Lipinski definition) is 2. The van der Waals surface area contributed by atoms with Crippen molar-refractivity contribution in [2.24, 2.45) is 0 Å². The molecular formula is C17H27N2O8P. The smallest absolute Gasteiger partial charge is 0.330 e. The number of methoxy groups -OCH3 is 1. The highest BCUT2D eigenvalue weighted by atomic mass is 31.2. The molecule has 2 heterocycles. The molecule has 4 atom stereocenters. The zero-order chi connectivity index (χ0) is 20.7. The van der Waals surface area contributed by atoms with Crippen molar-refractivity contribution in [1.82, 2.24) is 9.55 Å². The molecule has 2 rings (SSSR count). The van der Waals surface area contributed by atoms with Crippen molar-refractivity contribution >= 4 is 7.60 Å². The Balaban J connectivity index is 2.06. The van der Waals surface area contributed by atoms with Crippen molar-refractivity contribution in [3.63, 3.8) is 0 Å². The predicted octanol–water partition coefficient (Wildman–Crippen LogP) is 1.02. The normalized spacial score (nSPS) is 25.6. The second-order valence-electron chi connectivity index (χ2n) is 6.09. The number of aromatic amines is 1. The molecule has 0 radical (unpaired) electrons. The fourth-order valence-corrected chi connectivity index (χ4v) is 4.55. The maximum atomic E-state index is 12.4. The van der Waals surface area contributed by atoms with Crippen molar-refractivity contribution in [2.75, 3.05) is 26.5 Å². The first-order valence-electron chi connectivity index (χ1n) is 9.07. The average Bonchev–Trinajstić information content (AvgIpc) is 2.94. The lowest BCUT2D eigenvalue weighted by Crippen LogP contribution is -2.38.